The number of hydrogen-bond donors (Lipinski definition) is 1. The molecule has 0 spiro atoms. The lowest BCUT2D eigenvalue weighted by molar-refractivity contribution is 0.183. The molecule has 4 nitrogen and oxygen atoms in total. The Kier molecular flexibility index (Phi) is 5.44. The molecule has 0 bridgehead atoms. The van der Waals surface area contributed by atoms with Crippen LogP contribution in [0.3, 0.4) is 0 Å². The molecule has 0 aromatic heterocycles. The normalized spacial score (nSPS) is 14.1. The van der Waals surface area contributed by atoms with Crippen LogP contribution in [0.4, 0.5) is 5.69 Å². The summed E-state index contributed by atoms with van der Waals surface area (Å²) in [6.45, 7) is 4.76. The van der Waals surface area contributed by atoms with Gasteiger partial charge in [-0.15, -0.1) is 0 Å². The second-order valence-electron chi connectivity index (χ2n) is 4.60. The van der Waals surface area contributed by atoms with Crippen LogP contribution in [0, 0.1) is 0 Å². The maximum absolute atomic E-state index is 6.06. The van der Waals surface area contributed by atoms with E-state index in [1.165, 1.54) is 0 Å². The number of ether oxygens (including phenoxy) is 2. The quantitative estimate of drug-likeness (QED) is 0.843. The molecule has 0 saturated carbocycles. The molecule has 0 heterocycles. The summed E-state index contributed by atoms with van der Waals surface area (Å²) >= 11 is 0. The van der Waals surface area contributed by atoms with Crippen molar-refractivity contribution in [3.8, 4) is 5.75 Å². The fraction of sp³-hybridized carbons (Fsp3) is 0.571. The topological polar surface area (TPSA) is 47.7 Å². The SMILES string of the molecule is COCC(C)N(C)c1cccc(OC)c1[C@H](C)N. The monoisotopic (exact) mass is 252 g/mol. The van der Waals surface area contributed by atoms with Crippen LogP contribution in [0.1, 0.15) is 25.5 Å². The van der Waals surface area contributed by atoms with Gasteiger partial charge in [0.05, 0.1) is 13.7 Å². The van der Waals surface area contributed by atoms with Crippen molar-refractivity contribution >= 4 is 5.69 Å². The predicted molar refractivity (Wildman–Crippen MR) is 75.3 cm³/mol. The third kappa shape index (κ3) is 3.15. The summed E-state index contributed by atoms with van der Waals surface area (Å²) < 4.78 is 10.6. The molecular formula is C14H24N2O2. The zero-order valence-electron chi connectivity index (χ0n) is 11.9. The number of rotatable bonds is 6. The molecule has 0 aliphatic rings. The van der Waals surface area contributed by atoms with Gasteiger partial charge in [-0.1, -0.05) is 6.07 Å². The van der Waals surface area contributed by atoms with Crippen LogP contribution in [0.5, 0.6) is 5.75 Å². The number of hydrogen-bond acceptors (Lipinski definition) is 4. The molecule has 1 aromatic carbocycles. The minimum atomic E-state index is -0.0756. The lowest BCUT2D eigenvalue weighted by Crippen LogP contribution is -2.33. The molecule has 4 heteroatoms. The molecule has 0 saturated heterocycles. The first-order chi connectivity index (χ1) is 8.52. The van der Waals surface area contributed by atoms with Crippen molar-refractivity contribution in [2.75, 3.05) is 32.8 Å². The van der Waals surface area contributed by atoms with E-state index < -0.39 is 0 Å². The smallest absolute Gasteiger partial charge is 0.125 e. The third-order valence-corrected chi connectivity index (χ3v) is 3.17. The van der Waals surface area contributed by atoms with E-state index >= 15 is 0 Å². The largest absolute Gasteiger partial charge is 0.496 e. The first kappa shape index (κ1) is 14.8. The molecule has 0 fully saturated rings. The Hall–Kier alpha value is -1.26. The van der Waals surface area contributed by atoms with Crippen molar-refractivity contribution in [1.29, 1.82) is 0 Å². The summed E-state index contributed by atoms with van der Waals surface area (Å²) in [7, 11) is 5.43. The second-order valence-corrected chi connectivity index (χ2v) is 4.60. The Labute approximate surface area is 110 Å². The molecule has 2 N–H and O–H groups in total. The van der Waals surface area contributed by atoms with E-state index in [0.29, 0.717) is 6.61 Å². The van der Waals surface area contributed by atoms with Gasteiger partial charge in [0.15, 0.2) is 0 Å². The van der Waals surface area contributed by atoms with Crippen LogP contribution in [0.15, 0.2) is 18.2 Å². The Balaban J connectivity index is 3.14. The highest BCUT2D eigenvalue weighted by molar-refractivity contribution is 5.60. The number of benzene rings is 1. The summed E-state index contributed by atoms with van der Waals surface area (Å²) in [6, 6.07) is 6.19. The van der Waals surface area contributed by atoms with Gasteiger partial charge in [-0.05, 0) is 26.0 Å². The maximum Gasteiger partial charge on any atom is 0.125 e. The van der Waals surface area contributed by atoms with Gasteiger partial charge in [0.2, 0.25) is 0 Å². The van der Waals surface area contributed by atoms with Gasteiger partial charge in [0, 0.05) is 37.5 Å². The summed E-state index contributed by atoms with van der Waals surface area (Å²) in [5, 5.41) is 0. The van der Waals surface area contributed by atoms with E-state index in [1.54, 1.807) is 14.2 Å². The van der Waals surface area contributed by atoms with Crippen LogP contribution < -0.4 is 15.4 Å². The highest BCUT2D eigenvalue weighted by Crippen LogP contribution is 2.33. The van der Waals surface area contributed by atoms with Gasteiger partial charge >= 0.3 is 0 Å². The maximum atomic E-state index is 6.06. The molecule has 2 atom stereocenters. The van der Waals surface area contributed by atoms with Gasteiger partial charge in [0.1, 0.15) is 5.75 Å². The zero-order chi connectivity index (χ0) is 13.7. The zero-order valence-corrected chi connectivity index (χ0v) is 11.9. The molecule has 1 aromatic rings. The molecular weight excluding hydrogens is 228 g/mol. The molecule has 0 aliphatic carbocycles. The Morgan fingerprint density at radius 3 is 2.44 bits per heavy atom. The second kappa shape index (κ2) is 6.61. The first-order valence-corrected chi connectivity index (χ1v) is 6.17. The third-order valence-electron chi connectivity index (χ3n) is 3.17. The highest BCUT2D eigenvalue weighted by atomic mass is 16.5. The average molecular weight is 252 g/mol. The van der Waals surface area contributed by atoms with Gasteiger partial charge in [-0.2, -0.15) is 0 Å². The van der Waals surface area contributed by atoms with Gasteiger partial charge in [0.25, 0.3) is 0 Å². The lowest BCUT2D eigenvalue weighted by Gasteiger charge is -2.30. The first-order valence-electron chi connectivity index (χ1n) is 6.17. The number of anilines is 1. The molecule has 0 amide bonds. The van der Waals surface area contributed by atoms with Crippen molar-refractivity contribution < 1.29 is 9.47 Å². The minimum Gasteiger partial charge on any atom is -0.496 e. The van der Waals surface area contributed by atoms with Crippen LogP contribution in [-0.4, -0.2) is 33.9 Å². The van der Waals surface area contributed by atoms with E-state index in [0.717, 1.165) is 17.0 Å². The van der Waals surface area contributed by atoms with Crippen molar-refractivity contribution in [3.63, 3.8) is 0 Å². The Bertz CT molecular complexity index is 380. The summed E-state index contributed by atoms with van der Waals surface area (Å²) in [4.78, 5) is 2.17. The number of methoxy groups -OCH3 is 2. The predicted octanol–water partition coefficient (Wildman–Crippen LogP) is 2.19. The number of likely N-dealkylation sites (N-methyl/N-ethyl adjacent to an activating group) is 1. The van der Waals surface area contributed by atoms with Crippen molar-refractivity contribution in [2.45, 2.75) is 25.9 Å². The fourth-order valence-electron chi connectivity index (χ4n) is 2.07. The van der Waals surface area contributed by atoms with Crippen molar-refractivity contribution in [3.05, 3.63) is 23.8 Å². The standard InChI is InChI=1S/C14H24N2O2/c1-10(9-17-4)16(3)12-7-6-8-13(18-5)14(12)11(2)15/h6-8,10-11H,9,15H2,1-5H3/t10?,11-/m0/s1. The van der Waals surface area contributed by atoms with E-state index in [1.807, 2.05) is 26.1 Å². The Morgan fingerprint density at radius 2 is 1.94 bits per heavy atom. The molecule has 1 unspecified atom stereocenters. The highest BCUT2D eigenvalue weighted by Gasteiger charge is 2.18. The van der Waals surface area contributed by atoms with E-state index in [9.17, 15) is 0 Å². The summed E-state index contributed by atoms with van der Waals surface area (Å²) in [6.07, 6.45) is 0. The van der Waals surface area contributed by atoms with E-state index in [2.05, 4.69) is 17.9 Å². The van der Waals surface area contributed by atoms with Crippen LogP contribution in [0.2, 0.25) is 0 Å². The molecule has 0 radical (unpaired) electrons. The van der Waals surface area contributed by atoms with Gasteiger partial charge < -0.3 is 20.1 Å². The van der Waals surface area contributed by atoms with Crippen LogP contribution in [-0.2, 0) is 4.74 Å². The van der Waals surface area contributed by atoms with Gasteiger partial charge in [-0.3, -0.25) is 0 Å². The number of nitrogens with two attached hydrogens (primary N) is 1. The molecule has 0 aliphatic heterocycles. The molecule has 1 rings (SSSR count). The number of nitrogens with zero attached hydrogens (tertiary/aromatic N) is 1. The molecule has 102 valence electrons. The molecule has 18 heavy (non-hydrogen) atoms. The van der Waals surface area contributed by atoms with Crippen LogP contribution >= 0.6 is 0 Å². The van der Waals surface area contributed by atoms with Crippen molar-refractivity contribution in [2.24, 2.45) is 5.73 Å². The summed E-state index contributed by atoms with van der Waals surface area (Å²) in [5.41, 5.74) is 8.19. The van der Waals surface area contributed by atoms with E-state index in [-0.39, 0.29) is 12.1 Å². The van der Waals surface area contributed by atoms with E-state index in [4.69, 9.17) is 15.2 Å². The average Bonchev–Trinajstić information content (AvgIpc) is 2.36. The Morgan fingerprint density at radius 1 is 1.28 bits per heavy atom. The van der Waals surface area contributed by atoms with Gasteiger partial charge in [-0.25, -0.2) is 0 Å². The lowest BCUT2D eigenvalue weighted by atomic mass is 10.0. The minimum absolute atomic E-state index is 0.0756. The van der Waals surface area contributed by atoms with Crippen molar-refractivity contribution in [1.82, 2.24) is 0 Å². The summed E-state index contributed by atoms with van der Waals surface area (Å²) in [5.74, 6) is 0.832. The van der Waals surface area contributed by atoms with Crippen LogP contribution in [0.25, 0.3) is 0 Å². The fourth-order valence-corrected chi connectivity index (χ4v) is 2.07.